The molecule has 0 bridgehead atoms. The highest BCUT2D eigenvalue weighted by Gasteiger charge is 2.20. The maximum Gasteiger partial charge on any atom is 0.269 e. The monoisotopic (exact) mass is 360 g/mol. The minimum Gasteiger partial charge on any atom is -0.497 e. The van der Waals surface area contributed by atoms with E-state index in [2.05, 4.69) is 11.1 Å². The molecule has 0 radical (unpaired) electrons. The first-order chi connectivity index (χ1) is 13.0. The lowest BCUT2D eigenvalue weighted by molar-refractivity contribution is -0.384. The number of pyridine rings is 1. The molecular weight excluding hydrogens is 344 g/mol. The molecule has 0 spiro atoms. The SMILES string of the molecule is COc1ccc(-c2c(C)nc(N)c(C#N)c2-c2ccc([N+](=O)[O-])cc2)cc1. The number of nitro groups is 1. The number of rotatable bonds is 4. The number of nitrogen functional groups attached to an aromatic ring is 1. The van der Waals surface area contributed by atoms with Crippen LogP contribution in [0.25, 0.3) is 22.3 Å². The van der Waals surface area contributed by atoms with Gasteiger partial charge in [0.1, 0.15) is 23.2 Å². The molecule has 0 saturated heterocycles. The van der Waals surface area contributed by atoms with Crippen LogP contribution in [-0.4, -0.2) is 17.0 Å². The Labute approximate surface area is 155 Å². The van der Waals surface area contributed by atoms with Crippen LogP contribution in [0.1, 0.15) is 11.3 Å². The van der Waals surface area contributed by atoms with Crippen molar-refractivity contribution < 1.29 is 9.66 Å². The fraction of sp³-hybridized carbons (Fsp3) is 0.100. The summed E-state index contributed by atoms with van der Waals surface area (Å²) < 4.78 is 5.20. The summed E-state index contributed by atoms with van der Waals surface area (Å²) in [5, 5.41) is 20.6. The van der Waals surface area contributed by atoms with Crippen LogP contribution < -0.4 is 10.5 Å². The molecule has 27 heavy (non-hydrogen) atoms. The molecule has 2 aromatic carbocycles. The van der Waals surface area contributed by atoms with E-state index in [4.69, 9.17) is 10.5 Å². The molecule has 2 N–H and O–H groups in total. The summed E-state index contributed by atoms with van der Waals surface area (Å²) in [4.78, 5) is 14.8. The van der Waals surface area contributed by atoms with Crippen molar-refractivity contribution in [3.63, 3.8) is 0 Å². The van der Waals surface area contributed by atoms with Gasteiger partial charge in [-0.1, -0.05) is 12.1 Å². The first kappa shape index (κ1) is 17.9. The lowest BCUT2D eigenvalue weighted by atomic mass is 9.90. The predicted molar refractivity (Wildman–Crippen MR) is 102 cm³/mol. The second kappa shape index (κ2) is 7.14. The van der Waals surface area contributed by atoms with E-state index in [0.717, 1.165) is 11.1 Å². The number of ether oxygens (including phenoxy) is 1. The Morgan fingerprint density at radius 1 is 1.07 bits per heavy atom. The third kappa shape index (κ3) is 3.28. The van der Waals surface area contributed by atoms with E-state index < -0.39 is 4.92 Å². The summed E-state index contributed by atoms with van der Waals surface area (Å²) in [5.74, 6) is 0.831. The number of aromatic nitrogens is 1. The van der Waals surface area contributed by atoms with E-state index in [1.807, 2.05) is 31.2 Å². The number of anilines is 1. The Balaban J connectivity index is 2.30. The normalized spacial score (nSPS) is 10.3. The molecule has 0 saturated carbocycles. The van der Waals surface area contributed by atoms with Gasteiger partial charge in [0.25, 0.3) is 5.69 Å². The third-order valence-corrected chi connectivity index (χ3v) is 4.26. The molecule has 0 fully saturated rings. The number of nitrogens with zero attached hydrogens (tertiary/aromatic N) is 3. The van der Waals surface area contributed by atoms with Gasteiger partial charge in [-0.3, -0.25) is 10.1 Å². The lowest BCUT2D eigenvalue weighted by Gasteiger charge is -2.16. The van der Waals surface area contributed by atoms with Crippen molar-refractivity contribution in [3.05, 3.63) is 69.9 Å². The van der Waals surface area contributed by atoms with E-state index in [-0.39, 0.29) is 17.1 Å². The maximum atomic E-state index is 10.9. The molecule has 7 nitrogen and oxygen atoms in total. The fourth-order valence-electron chi connectivity index (χ4n) is 2.99. The second-order valence-corrected chi connectivity index (χ2v) is 5.85. The van der Waals surface area contributed by atoms with Crippen LogP contribution in [0.15, 0.2) is 48.5 Å². The van der Waals surface area contributed by atoms with Gasteiger partial charge in [0.15, 0.2) is 0 Å². The summed E-state index contributed by atoms with van der Waals surface area (Å²) in [7, 11) is 1.58. The summed E-state index contributed by atoms with van der Waals surface area (Å²) in [6.45, 7) is 1.81. The number of hydrogen-bond acceptors (Lipinski definition) is 6. The number of benzene rings is 2. The molecule has 3 rings (SSSR count). The zero-order valence-electron chi connectivity index (χ0n) is 14.8. The van der Waals surface area contributed by atoms with E-state index >= 15 is 0 Å². The first-order valence-electron chi connectivity index (χ1n) is 8.05. The van der Waals surface area contributed by atoms with Gasteiger partial charge in [-0.25, -0.2) is 4.98 Å². The van der Waals surface area contributed by atoms with Crippen LogP contribution in [0.2, 0.25) is 0 Å². The number of aryl methyl sites for hydroxylation is 1. The Morgan fingerprint density at radius 3 is 2.15 bits per heavy atom. The molecule has 0 amide bonds. The van der Waals surface area contributed by atoms with Crippen molar-refractivity contribution in [2.45, 2.75) is 6.92 Å². The number of nitriles is 1. The minimum absolute atomic E-state index is 0.0259. The van der Waals surface area contributed by atoms with E-state index in [1.54, 1.807) is 19.2 Å². The second-order valence-electron chi connectivity index (χ2n) is 5.85. The van der Waals surface area contributed by atoms with E-state index in [1.165, 1.54) is 12.1 Å². The number of non-ortho nitro benzene ring substituents is 1. The molecule has 1 aromatic heterocycles. The smallest absolute Gasteiger partial charge is 0.269 e. The number of nitro benzene ring substituents is 1. The third-order valence-electron chi connectivity index (χ3n) is 4.26. The van der Waals surface area contributed by atoms with Crippen LogP contribution in [-0.2, 0) is 0 Å². The van der Waals surface area contributed by atoms with Gasteiger partial charge in [0, 0.05) is 29.0 Å². The fourth-order valence-corrected chi connectivity index (χ4v) is 2.99. The summed E-state index contributed by atoms with van der Waals surface area (Å²) in [5.41, 5.74) is 9.69. The molecule has 0 aliphatic carbocycles. The van der Waals surface area contributed by atoms with Crippen molar-refractivity contribution >= 4 is 11.5 Å². The van der Waals surface area contributed by atoms with Crippen LogP contribution in [0.4, 0.5) is 11.5 Å². The van der Waals surface area contributed by atoms with E-state index in [9.17, 15) is 15.4 Å². The van der Waals surface area contributed by atoms with Gasteiger partial charge in [-0.15, -0.1) is 0 Å². The van der Waals surface area contributed by atoms with Gasteiger partial charge >= 0.3 is 0 Å². The molecule has 7 heteroatoms. The number of nitrogens with two attached hydrogens (primary N) is 1. The van der Waals surface area contributed by atoms with Crippen molar-refractivity contribution in [3.8, 4) is 34.1 Å². The summed E-state index contributed by atoms with van der Waals surface area (Å²) >= 11 is 0. The highest BCUT2D eigenvalue weighted by Crippen LogP contribution is 2.39. The van der Waals surface area contributed by atoms with Gasteiger partial charge < -0.3 is 10.5 Å². The van der Waals surface area contributed by atoms with Crippen molar-refractivity contribution in [1.29, 1.82) is 5.26 Å². The maximum absolute atomic E-state index is 10.9. The average molecular weight is 360 g/mol. The van der Waals surface area contributed by atoms with Crippen LogP contribution in [0, 0.1) is 28.4 Å². The topological polar surface area (TPSA) is 115 Å². The average Bonchev–Trinajstić information content (AvgIpc) is 2.67. The van der Waals surface area contributed by atoms with Gasteiger partial charge in [0.05, 0.1) is 12.0 Å². The lowest BCUT2D eigenvalue weighted by Crippen LogP contribution is -2.03. The molecular formula is C20H16N4O3. The van der Waals surface area contributed by atoms with Crippen molar-refractivity contribution in [2.75, 3.05) is 12.8 Å². The van der Waals surface area contributed by atoms with Crippen molar-refractivity contribution in [1.82, 2.24) is 4.98 Å². The molecule has 0 atom stereocenters. The molecule has 1 heterocycles. The quantitative estimate of drug-likeness (QED) is 0.553. The zero-order chi connectivity index (χ0) is 19.6. The molecule has 0 unspecified atom stereocenters. The Kier molecular flexibility index (Phi) is 4.73. The van der Waals surface area contributed by atoms with Crippen LogP contribution in [0.3, 0.4) is 0 Å². The molecule has 3 aromatic rings. The number of hydrogen-bond donors (Lipinski definition) is 1. The highest BCUT2D eigenvalue weighted by molar-refractivity contribution is 5.91. The van der Waals surface area contributed by atoms with Gasteiger partial charge in [-0.2, -0.15) is 5.26 Å². The summed E-state index contributed by atoms with van der Waals surface area (Å²) in [6, 6.07) is 15.5. The van der Waals surface area contributed by atoms with Gasteiger partial charge in [-0.05, 0) is 42.3 Å². The predicted octanol–water partition coefficient (Wildman–Crippen LogP) is 4.09. The largest absolute Gasteiger partial charge is 0.497 e. The molecule has 0 aliphatic heterocycles. The first-order valence-corrected chi connectivity index (χ1v) is 8.05. The van der Waals surface area contributed by atoms with Crippen LogP contribution in [0.5, 0.6) is 5.75 Å². The molecule has 0 aliphatic rings. The summed E-state index contributed by atoms with van der Waals surface area (Å²) in [6.07, 6.45) is 0. The zero-order valence-corrected chi connectivity index (χ0v) is 14.8. The standard InChI is InChI=1S/C20H16N4O3/c1-12-18(13-5-9-16(27-2)10-6-13)19(17(11-21)20(22)23-12)14-3-7-15(8-4-14)24(25)26/h3-10H,1-2H3,(H2,22,23). The van der Waals surface area contributed by atoms with Crippen molar-refractivity contribution in [2.24, 2.45) is 0 Å². The molecule has 134 valence electrons. The van der Waals surface area contributed by atoms with Crippen LogP contribution >= 0.6 is 0 Å². The minimum atomic E-state index is -0.467. The number of methoxy groups -OCH3 is 1. The Bertz CT molecular complexity index is 1050. The highest BCUT2D eigenvalue weighted by atomic mass is 16.6. The van der Waals surface area contributed by atoms with E-state index in [0.29, 0.717) is 22.6 Å². The Morgan fingerprint density at radius 2 is 1.63 bits per heavy atom. The Hall–Kier alpha value is -3.92. The van der Waals surface area contributed by atoms with Gasteiger partial charge in [0.2, 0.25) is 0 Å².